The molecule has 1 fully saturated rings. The minimum absolute atomic E-state index is 0.0810. The van der Waals surface area contributed by atoms with Crippen molar-refractivity contribution in [2.45, 2.75) is 32.8 Å². The van der Waals surface area contributed by atoms with Gasteiger partial charge in [-0.1, -0.05) is 12.1 Å². The number of hydrogen-bond acceptors (Lipinski definition) is 3. The molecule has 0 saturated carbocycles. The third-order valence-corrected chi connectivity index (χ3v) is 4.36. The van der Waals surface area contributed by atoms with Crippen molar-refractivity contribution in [1.29, 1.82) is 0 Å². The largest absolute Gasteiger partial charge is 0.376 e. The number of hydrogen-bond donors (Lipinski definition) is 2. The molecule has 1 heterocycles. The Morgan fingerprint density at radius 2 is 2.22 bits per heavy atom. The number of nitrogens with zero attached hydrogens (tertiary/aromatic N) is 1. The maximum Gasteiger partial charge on any atom is 0.243 e. The highest BCUT2D eigenvalue weighted by molar-refractivity contribution is 7.80. The summed E-state index contributed by atoms with van der Waals surface area (Å²) < 4.78 is 5.55. The summed E-state index contributed by atoms with van der Waals surface area (Å²) >= 11 is 5.32. The van der Waals surface area contributed by atoms with Crippen LogP contribution in [0.5, 0.6) is 0 Å². The van der Waals surface area contributed by atoms with E-state index in [0.29, 0.717) is 11.7 Å². The topological polar surface area (TPSA) is 53.6 Å². The lowest BCUT2D eigenvalue weighted by Crippen LogP contribution is -2.43. The Balaban J connectivity index is 1.79. The maximum absolute atomic E-state index is 12.2. The Morgan fingerprint density at radius 1 is 1.43 bits per heavy atom. The van der Waals surface area contributed by atoms with Gasteiger partial charge in [-0.2, -0.15) is 0 Å². The summed E-state index contributed by atoms with van der Waals surface area (Å²) in [7, 11) is 1.81. The molecule has 1 aromatic carbocycles. The summed E-state index contributed by atoms with van der Waals surface area (Å²) in [5.74, 6) is -0.0810. The van der Waals surface area contributed by atoms with Gasteiger partial charge in [-0.15, -0.1) is 0 Å². The highest BCUT2D eigenvalue weighted by Gasteiger charge is 2.17. The molecule has 1 aliphatic rings. The number of benzene rings is 1. The highest BCUT2D eigenvalue weighted by Crippen LogP contribution is 2.16. The fraction of sp³-hybridized carbons (Fsp3) is 0.529. The van der Waals surface area contributed by atoms with Crippen molar-refractivity contribution in [3.63, 3.8) is 0 Å². The second kappa shape index (κ2) is 8.26. The Kier molecular flexibility index (Phi) is 6.36. The second-order valence-corrected chi connectivity index (χ2v) is 6.43. The van der Waals surface area contributed by atoms with E-state index in [1.165, 1.54) is 0 Å². The molecule has 126 valence electrons. The monoisotopic (exact) mass is 335 g/mol. The number of thiocarbonyl (C=S) groups is 1. The van der Waals surface area contributed by atoms with Gasteiger partial charge in [-0.3, -0.25) is 4.79 Å². The van der Waals surface area contributed by atoms with Gasteiger partial charge in [0.2, 0.25) is 5.91 Å². The molecule has 1 amide bonds. The average molecular weight is 335 g/mol. The molecule has 0 aliphatic carbocycles. The van der Waals surface area contributed by atoms with Crippen LogP contribution in [0.4, 0.5) is 5.69 Å². The van der Waals surface area contributed by atoms with Crippen molar-refractivity contribution < 1.29 is 9.53 Å². The molecule has 1 saturated heterocycles. The summed E-state index contributed by atoms with van der Waals surface area (Å²) in [4.78, 5) is 13.9. The molecule has 0 aromatic heterocycles. The fourth-order valence-corrected chi connectivity index (χ4v) is 2.64. The van der Waals surface area contributed by atoms with Gasteiger partial charge >= 0.3 is 0 Å². The highest BCUT2D eigenvalue weighted by atomic mass is 32.1. The standard InChI is InChI=1S/C17H25N3O2S/c1-12-6-7-13(2)15(9-12)19-16(21)11-20(3)17(23)18-10-14-5-4-8-22-14/h6-7,9,14H,4-5,8,10-11H2,1-3H3,(H,18,23)(H,19,21). The molecular formula is C17H25N3O2S. The summed E-state index contributed by atoms with van der Waals surface area (Å²) in [6, 6.07) is 6.00. The zero-order valence-electron chi connectivity index (χ0n) is 14.0. The van der Waals surface area contributed by atoms with Gasteiger partial charge in [-0.05, 0) is 56.1 Å². The van der Waals surface area contributed by atoms with Crippen LogP contribution < -0.4 is 10.6 Å². The fourth-order valence-electron chi connectivity index (χ4n) is 2.49. The number of aryl methyl sites for hydroxylation is 2. The van der Waals surface area contributed by atoms with Gasteiger partial charge in [-0.25, -0.2) is 0 Å². The smallest absolute Gasteiger partial charge is 0.243 e. The van der Waals surface area contributed by atoms with Crippen molar-refractivity contribution >= 4 is 28.9 Å². The normalized spacial score (nSPS) is 16.9. The van der Waals surface area contributed by atoms with Gasteiger partial charge in [0.15, 0.2) is 5.11 Å². The predicted octanol–water partition coefficient (Wildman–Crippen LogP) is 2.23. The zero-order chi connectivity index (χ0) is 16.8. The van der Waals surface area contributed by atoms with Crippen LogP contribution in [0.25, 0.3) is 0 Å². The number of carbonyl (C=O) groups is 1. The molecule has 6 heteroatoms. The van der Waals surface area contributed by atoms with E-state index in [0.717, 1.165) is 36.3 Å². The molecule has 2 N–H and O–H groups in total. The molecule has 1 unspecified atom stereocenters. The van der Waals surface area contributed by atoms with Crippen molar-refractivity contribution in [2.24, 2.45) is 0 Å². The van der Waals surface area contributed by atoms with E-state index in [9.17, 15) is 4.79 Å². The van der Waals surface area contributed by atoms with E-state index in [4.69, 9.17) is 17.0 Å². The molecule has 1 aliphatic heterocycles. The van der Waals surface area contributed by atoms with Crippen molar-refractivity contribution in [3.8, 4) is 0 Å². The first kappa shape index (κ1) is 17.7. The van der Waals surface area contributed by atoms with E-state index in [1.807, 2.05) is 39.1 Å². The van der Waals surface area contributed by atoms with Crippen LogP contribution in [0, 0.1) is 13.8 Å². The summed E-state index contributed by atoms with van der Waals surface area (Å²) in [6.45, 7) is 5.72. The molecule has 23 heavy (non-hydrogen) atoms. The Morgan fingerprint density at radius 3 is 2.91 bits per heavy atom. The molecule has 5 nitrogen and oxygen atoms in total. The molecule has 0 bridgehead atoms. The van der Waals surface area contributed by atoms with Crippen LogP contribution in [0.2, 0.25) is 0 Å². The quantitative estimate of drug-likeness (QED) is 0.808. The maximum atomic E-state index is 12.2. The lowest BCUT2D eigenvalue weighted by atomic mass is 10.1. The SMILES string of the molecule is Cc1ccc(C)c(NC(=O)CN(C)C(=S)NCC2CCCO2)c1. The molecule has 1 aromatic rings. The number of ether oxygens (including phenoxy) is 1. The molecule has 0 radical (unpaired) electrons. The summed E-state index contributed by atoms with van der Waals surface area (Å²) in [6.07, 6.45) is 2.39. The minimum atomic E-state index is -0.0810. The first-order valence-corrected chi connectivity index (χ1v) is 8.34. The predicted molar refractivity (Wildman–Crippen MR) is 96.8 cm³/mol. The lowest BCUT2D eigenvalue weighted by Gasteiger charge is -2.22. The molecular weight excluding hydrogens is 310 g/mol. The van der Waals surface area contributed by atoms with Gasteiger partial charge in [0.25, 0.3) is 0 Å². The van der Waals surface area contributed by atoms with Gasteiger partial charge in [0, 0.05) is 25.9 Å². The van der Waals surface area contributed by atoms with Gasteiger partial charge in [0.1, 0.15) is 0 Å². The van der Waals surface area contributed by atoms with Crippen LogP contribution in [-0.2, 0) is 9.53 Å². The van der Waals surface area contributed by atoms with Gasteiger partial charge < -0.3 is 20.3 Å². The average Bonchev–Trinajstić information content (AvgIpc) is 3.01. The van der Waals surface area contributed by atoms with Crippen LogP contribution in [0.3, 0.4) is 0 Å². The van der Waals surface area contributed by atoms with E-state index >= 15 is 0 Å². The first-order valence-electron chi connectivity index (χ1n) is 7.93. The van der Waals surface area contributed by atoms with Crippen LogP contribution >= 0.6 is 12.2 Å². The van der Waals surface area contributed by atoms with Gasteiger partial charge in [0.05, 0.1) is 12.6 Å². The third-order valence-electron chi connectivity index (χ3n) is 3.90. The number of anilines is 1. The number of rotatable bonds is 5. The van der Waals surface area contributed by atoms with Crippen molar-refractivity contribution in [1.82, 2.24) is 10.2 Å². The Bertz CT molecular complexity index is 571. The third kappa shape index (κ3) is 5.48. The Labute approximate surface area is 143 Å². The number of carbonyl (C=O) groups excluding carboxylic acids is 1. The summed E-state index contributed by atoms with van der Waals surface area (Å²) in [5, 5.41) is 6.67. The van der Waals surface area contributed by atoms with E-state index in [2.05, 4.69) is 10.6 Å². The van der Waals surface area contributed by atoms with E-state index in [1.54, 1.807) is 4.90 Å². The second-order valence-electron chi connectivity index (χ2n) is 6.04. The Hall–Kier alpha value is -1.66. The molecule has 0 spiro atoms. The first-order chi connectivity index (χ1) is 11.0. The number of likely N-dealkylation sites (N-methyl/N-ethyl adjacent to an activating group) is 1. The number of nitrogens with one attached hydrogen (secondary N) is 2. The lowest BCUT2D eigenvalue weighted by molar-refractivity contribution is -0.116. The van der Waals surface area contributed by atoms with Crippen LogP contribution in [0.1, 0.15) is 24.0 Å². The number of amides is 1. The van der Waals surface area contributed by atoms with Crippen LogP contribution in [0.15, 0.2) is 18.2 Å². The molecule has 2 rings (SSSR count). The van der Waals surface area contributed by atoms with Crippen LogP contribution in [-0.4, -0.2) is 48.8 Å². The van der Waals surface area contributed by atoms with Crippen molar-refractivity contribution in [2.75, 3.05) is 32.1 Å². The van der Waals surface area contributed by atoms with E-state index < -0.39 is 0 Å². The van der Waals surface area contributed by atoms with E-state index in [-0.39, 0.29) is 18.6 Å². The minimum Gasteiger partial charge on any atom is -0.376 e. The van der Waals surface area contributed by atoms with Crippen molar-refractivity contribution in [3.05, 3.63) is 29.3 Å². The molecule has 1 atom stereocenters. The summed E-state index contributed by atoms with van der Waals surface area (Å²) in [5.41, 5.74) is 3.01. The zero-order valence-corrected chi connectivity index (χ0v) is 14.8.